The maximum absolute atomic E-state index is 12.7. The zero-order valence-corrected chi connectivity index (χ0v) is 14.7. The van der Waals surface area contributed by atoms with E-state index < -0.39 is 21.8 Å². The standard InChI is InChI=1S/C16H13ClF3N3O2S/c17-12-2-1-3-14(8-12)26(24,25)21-7-6-13-10-23-9-11(16(18,19)20)4-5-15(23)22-13/h1-5,8-10,21H,6-7H2. The third-order valence-electron chi connectivity index (χ3n) is 3.61. The van der Waals surface area contributed by atoms with Crippen LogP contribution in [0.25, 0.3) is 5.65 Å². The van der Waals surface area contributed by atoms with Gasteiger partial charge in [0.1, 0.15) is 5.65 Å². The summed E-state index contributed by atoms with van der Waals surface area (Å²) in [6.07, 6.45) is -1.83. The fourth-order valence-corrected chi connectivity index (χ4v) is 3.70. The van der Waals surface area contributed by atoms with Crippen molar-refractivity contribution in [3.8, 4) is 0 Å². The van der Waals surface area contributed by atoms with Crippen molar-refractivity contribution >= 4 is 27.3 Å². The number of imidazole rings is 1. The molecule has 0 aliphatic heterocycles. The Kier molecular flexibility index (Phi) is 4.96. The maximum atomic E-state index is 12.7. The normalized spacial score (nSPS) is 12.6. The van der Waals surface area contributed by atoms with Crippen molar-refractivity contribution in [3.63, 3.8) is 0 Å². The number of fused-ring (bicyclic) bond motifs is 1. The molecule has 0 atom stereocenters. The van der Waals surface area contributed by atoms with Crippen LogP contribution in [0.15, 0.2) is 53.7 Å². The van der Waals surface area contributed by atoms with Gasteiger partial charge in [0.05, 0.1) is 16.2 Å². The van der Waals surface area contributed by atoms with Gasteiger partial charge in [0.15, 0.2) is 0 Å². The van der Waals surface area contributed by atoms with Crippen LogP contribution in [0.5, 0.6) is 0 Å². The number of halogens is 4. The summed E-state index contributed by atoms with van der Waals surface area (Å²) in [5.41, 5.74) is 0.0411. The molecular formula is C16H13ClF3N3O2S. The molecule has 138 valence electrons. The van der Waals surface area contributed by atoms with Crippen molar-refractivity contribution in [1.82, 2.24) is 14.1 Å². The molecule has 0 unspecified atom stereocenters. The van der Waals surface area contributed by atoms with Gasteiger partial charge in [0.2, 0.25) is 10.0 Å². The van der Waals surface area contributed by atoms with Crippen LogP contribution in [0.3, 0.4) is 0 Å². The van der Waals surface area contributed by atoms with Crippen LogP contribution in [0, 0.1) is 0 Å². The number of nitrogens with one attached hydrogen (secondary N) is 1. The van der Waals surface area contributed by atoms with E-state index in [0.717, 1.165) is 12.3 Å². The van der Waals surface area contributed by atoms with E-state index in [0.29, 0.717) is 16.4 Å². The second kappa shape index (κ2) is 6.90. The molecule has 0 radical (unpaired) electrons. The van der Waals surface area contributed by atoms with Gasteiger partial charge in [0.25, 0.3) is 0 Å². The lowest BCUT2D eigenvalue weighted by atomic mass is 10.3. The highest BCUT2D eigenvalue weighted by molar-refractivity contribution is 7.89. The van der Waals surface area contributed by atoms with Gasteiger partial charge in [-0.25, -0.2) is 18.1 Å². The molecule has 0 amide bonds. The van der Waals surface area contributed by atoms with Crippen LogP contribution < -0.4 is 4.72 Å². The van der Waals surface area contributed by atoms with Gasteiger partial charge >= 0.3 is 6.18 Å². The molecule has 0 saturated heterocycles. The van der Waals surface area contributed by atoms with E-state index in [2.05, 4.69) is 9.71 Å². The van der Waals surface area contributed by atoms with Gasteiger partial charge < -0.3 is 4.40 Å². The number of pyridine rings is 1. The smallest absolute Gasteiger partial charge is 0.306 e. The third-order valence-corrected chi connectivity index (χ3v) is 5.30. The van der Waals surface area contributed by atoms with Gasteiger partial charge in [-0.1, -0.05) is 17.7 Å². The largest absolute Gasteiger partial charge is 0.417 e. The minimum atomic E-state index is -4.44. The van der Waals surface area contributed by atoms with Crippen molar-refractivity contribution in [1.29, 1.82) is 0 Å². The molecule has 0 fully saturated rings. The van der Waals surface area contributed by atoms with E-state index in [1.807, 2.05) is 0 Å². The summed E-state index contributed by atoms with van der Waals surface area (Å²) in [4.78, 5) is 4.22. The minimum absolute atomic E-state index is 0.0369. The van der Waals surface area contributed by atoms with Crippen LogP contribution in [-0.2, 0) is 22.6 Å². The molecule has 0 saturated carbocycles. The summed E-state index contributed by atoms with van der Waals surface area (Å²) in [5.74, 6) is 0. The molecule has 26 heavy (non-hydrogen) atoms. The predicted octanol–water partition coefficient (Wildman–Crippen LogP) is 3.53. The number of aromatic nitrogens is 2. The van der Waals surface area contributed by atoms with E-state index in [-0.39, 0.29) is 17.9 Å². The van der Waals surface area contributed by atoms with Crippen LogP contribution in [0.4, 0.5) is 13.2 Å². The zero-order valence-electron chi connectivity index (χ0n) is 13.2. The number of hydrogen-bond acceptors (Lipinski definition) is 3. The molecule has 2 aromatic heterocycles. The van der Waals surface area contributed by atoms with Crippen LogP contribution >= 0.6 is 11.6 Å². The summed E-state index contributed by atoms with van der Waals surface area (Å²) in [6.45, 7) is 0.0465. The molecule has 0 aliphatic carbocycles. The summed E-state index contributed by atoms with van der Waals surface area (Å²) < 4.78 is 66.2. The lowest BCUT2D eigenvalue weighted by Gasteiger charge is -2.06. The summed E-state index contributed by atoms with van der Waals surface area (Å²) >= 11 is 5.79. The Hall–Kier alpha value is -2.10. The molecule has 1 aromatic carbocycles. The first-order valence-electron chi connectivity index (χ1n) is 7.45. The fourth-order valence-electron chi connectivity index (χ4n) is 2.36. The lowest BCUT2D eigenvalue weighted by Crippen LogP contribution is -2.26. The second-order valence-corrected chi connectivity index (χ2v) is 7.72. The van der Waals surface area contributed by atoms with Gasteiger partial charge in [-0.05, 0) is 30.3 Å². The number of rotatable bonds is 5. The first kappa shape index (κ1) is 18.7. The summed E-state index contributed by atoms with van der Waals surface area (Å²) in [6, 6.07) is 8.05. The number of sulfonamides is 1. The fraction of sp³-hybridized carbons (Fsp3) is 0.188. The van der Waals surface area contributed by atoms with E-state index in [1.54, 1.807) is 6.07 Å². The third kappa shape index (κ3) is 4.17. The number of hydrogen-bond donors (Lipinski definition) is 1. The molecular weight excluding hydrogens is 391 g/mol. The van der Waals surface area contributed by atoms with Crippen LogP contribution in [-0.4, -0.2) is 24.3 Å². The Morgan fingerprint density at radius 1 is 1.15 bits per heavy atom. The zero-order chi connectivity index (χ0) is 18.9. The summed E-state index contributed by atoms with van der Waals surface area (Å²) in [5, 5.41) is 0.300. The van der Waals surface area contributed by atoms with E-state index in [4.69, 9.17) is 11.6 Å². The molecule has 3 aromatic rings. The first-order chi connectivity index (χ1) is 12.1. The average molecular weight is 404 g/mol. The van der Waals surface area contributed by atoms with Gasteiger partial charge in [-0.2, -0.15) is 13.2 Å². The van der Waals surface area contributed by atoms with Crippen LogP contribution in [0.1, 0.15) is 11.3 Å². The topological polar surface area (TPSA) is 63.5 Å². The Bertz CT molecular complexity index is 1050. The van der Waals surface area contributed by atoms with Crippen molar-refractivity contribution in [2.45, 2.75) is 17.5 Å². The molecule has 0 aliphatic rings. The monoisotopic (exact) mass is 403 g/mol. The highest BCUT2D eigenvalue weighted by Gasteiger charge is 2.30. The van der Waals surface area contributed by atoms with Crippen molar-refractivity contribution in [2.75, 3.05) is 6.54 Å². The molecule has 10 heteroatoms. The Morgan fingerprint density at radius 3 is 2.62 bits per heavy atom. The van der Waals surface area contributed by atoms with Gasteiger partial charge in [0, 0.05) is 30.4 Å². The van der Waals surface area contributed by atoms with Gasteiger partial charge in [-0.3, -0.25) is 0 Å². The highest BCUT2D eigenvalue weighted by Crippen LogP contribution is 2.29. The van der Waals surface area contributed by atoms with E-state index in [9.17, 15) is 21.6 Å². The molecule has 0 spiro atoms. The van der Waals surface area contributed by atoms with Gasteiger partial charge in [-0.15, -0.1) is 0 Å². The molecule has 3 rings (SSSR count). The number of alkyl halides is 3. The molecule has 2 heterocycles. The van der Waals surface area contributed by atoms with Crippen molar-refractivity contribution in [3.05, 3.63) is 65.1 Å². The molecule has 0 bridgehead atoms. The Labute approximate surface area is 152 Å². The number of benzene rings is 1. The first-order valence-corrected chi connectivity index (χ1v) is 9.31. The lowest BCUT2D eigenvalue weighted by molar-refractivity contribution is -0.137. The second-order valence-electron chi connectivity index (χ2n) is 5.52. The Morgan fingerprint density at radius 2 is 1.92 bits per heavy atom. The highest BCUT2D eigenvalue weighted by atomic mass is 35.5. The summed E-state index contributed by atoms with van der Waals surface area (Å²) in [7, 11) is -3.73. The SMILES string of the molecule is O=S(=O)(NCCc1cn2cc(C(F)(F)F)ccc2n1)c1cccc(Cl)c1. The quantitative estimate of drug-likeness (QED) is 0.709. The minimum Gasteiger partial charge on any atom is -0.306 e. The van der Waals surface area contributed by atoms with Crippen molar-refractivity contribution < 1.29 is 21.6 Å². The van der Waals surface area contributed by atoms with E-state index in [1.165, 1.54) is 34.9 Å². The van der Waals surface area contributed by atoms with Crippen molar-refractivity contribution in [2.24, 2.45) is 0 Å². The molecule has 5 nitrogen and oxygen atoms in total. The van der Waals surface area contributed by atoms with Crippen LogP contribution in [0.2, 0.25) is 5.02 Å². The Balaban J connectivity index is 1.70. The van der Waals surface area contributed by atoms with E-state index >= 15 is 0 Å². The predicted molar refractivity (Wildman–Crippen MR) is 90.5 cm³/mol. The number of nitrogens with zero attached hydrogens (tertiary/aromatic N) is 2. The average Bonchev–Trinajstić information content (AvgIpc) is 2.95. The maximum Gasteiger partial charge on any atom is 0.417 e. The molecule has 1 N–H and O–H groups in total.